The lowest BCUT2D eigenvalue weighted by Gasteiger charge is -2.25. The van der Waals surface area contributed by atoms with Crippen LogP contribution in [0.5, 0.6) is 0 Å². The largest absolute Gasteiger partial charge is 0.378 e. The van der Waals surface area contributed by atoms with Crippen LogP contribution in [0.4, 0.5) is 5.13 Å². The van der Waals surface area contributed by atoms with Crippen LogP contribution in [0.2, 0.25) is 0 Å². The number of thiazole rings is 1. The normalized spacial score (nSPS) is 15.1. The molecule has 0 radical (unpaired) electrons. The average Bonchev–Trinajstić information content (AvgIpc) is 3.09. The second-order valence-corrected chi connectivity index (χ2v) is 7.07. The van der Waals surface area contributed by atoms with Gasteiger partial charge < -0.3 is 19.9 Å². The molecule has 1 aromatic heterocycles. The van der Waals surface area contributed by atoms with Gasteiger partial charge in [-0.05, 0) is 31.3 Å². The van der Waals surface area contributed by atoms with Crippen molar-refractivity contribution in [3.05, 3.63) is 23.8 Å². The van der Waals surface area contributed by atoms with Gasteiger partial charge in [-0.3, -0.25) is 4.79 Å². The molecule has 0 saturated carbocycles. The Morgan fingerprint density at radius 1 is 1.32 bits per heavy atom. The van der Waals surface area contributed by atoms with Gasteiger partial charge in [-0.15, -0.1) is 0 Å². The number of nitrogens with zero attached hydrogens (tertiary/aromatic N) is 3. The minimum Gasteiger partial charge on any atom is -0.378 e. The van der Waals surface area contributed by atoms with E-state index >= 15 is 0 Å². The molecule has 7 heteroatoms. The molecule has 1 aromatic carbocycles. The quantitative estimate of drug-likeness (QED) is 0.818. The molecule has 1 saturated heterocycles. The number of benzene rings is 1. The highest BCUT2D eigenvalue weighted by Gasteiger charge is 2.16. The first-order valence-electron chi connectivity index (χ1n) is 8.95. The molecule has 2 heterocycles. The molecule has 0 spiro atoms. The molecule has 6 nitrogen and oxygen atoms in total. The predicted octanol–water partition coefficient (Wildman–Crippen LogP) is 2.20. The maximum Gasteiger partial charge on any atom is 0.251 e. The summed E-state index contributed by atoms with van der Waals surface area (Å²) in [6.07, 6.45) is 0. The van der Waals surface area contributed by atoms with Crippen molar-refractivity contribution in [2.75, 3.05) is 57.4 Å². The van der Waals surface area contributed by atoms with Crippen molar-refractivity contribution in [2.24, 2.45) is 0 Å². The second kappa shape index (κ2) is 8.60. The van der Waals surface area contributed by atoms with Crippen LogP contribution in [0.1, 0.15) is 24.2 Å². The van der Waals surface area contributed by atoms with E-state index in [9.17, 15) is 4.79 Å². The molecular formula is C18H26N4O2S. The number of hydrogen-bond donors (Lipinski definition) is 1. The zero-order chi connectivity index (χ0) is 17.6. The number of carbonyl (C=O) groups is 1. The van der Waals surface area contributed by atoms with Crippen LogP contribution in [-0.2, 0) is 4.74 Å². The lowest BCUT2D eigenvalue weighted by atomic mass is 10.2. The van der Waals surface area contributed by atoms with Gasteiger partial charge >= 0.3 is 0 Å². The Bertz CT molecular complexity index is 708. The highest BCUT2D eigenvalue weighted by Crippen LogP contribution is 2.29. The summed E-state index contributed by atoms with van der Waals surface area (Å²) >= 11 is 1.64. The van der Waals surface area contributed by atoms with Gasteiger partial charge in [-0.2, -0.15) is 0 Å². The SMILES string of the molecule is CCN(CC)CCNC(=O)c1ccc2nc(N3CCOCC3)sc2c1. The van der Waals surface area contributed by atoms with Crippen molar-refractivity contribution < 1.29 is 9.53 Å². The molecule has 0 atom stereocenters. The molecule has 0 bridgehead atoms. The number of anilines is 1. The number of rotatable bonds is 7. The molecule has 1 N–H and O–H groups in total. The first-order chi connectivity index (χ1) is 12.2. The van der Waals surface area contributed by atoms with Gasteiger partial charge in [0.2, 0.25) is 0 Å². The lowest BCUT2D eigenvalue weighted by Crippen LogP contribution is -2.36. The number of likely N-dealkylation sites (N-methyl/N-ethyl adjacent to an activating group) is 1. The third kappa shape index (κ3) is 4.48. The Balaban J connectivity index is 1.65. The Morgan fingerprint density at radius 2 is 2.08 bits per heavy atom. The van der Waals surface area contributed by atoms with Crippen LogP contribution in [0.25, 0.3) is 10.2 Å². The van der Waals surface area contributed by atoms with Crippen LogP contribution in [0.3, 0.4) is 0 Å². The molecule has 1 aliphatic heterocycles. The van der Waals surface area contributed by atoms with Gasteiger partial charge in [0.25, 0.3) is 5.91 Å². The third-order valence-electron chi connectivity index (χ3n) is 4.53. The van der Waals surface area contributed by atoms with Gasteiger partial charge in [0.05, 0.1) is 23.4 Å². The topological polar surface area (TPSA) is 57.7 Å². The Kier molecular flexibility index (Phi) is 6.23. The second-order valence-electron chi connectivity index (χ2n) is 6.06. The van der Waals surface area contributed by atoms with Crippen molar-refractivity contribution in [3.8, 4) is 0 Å². The summed E-state index contributed by atoms with van der Waals surface area (Å²) < 4.78 is 6.45. The van der Waals surface area contributed by atoms with Gasteiger partial charge in [0.1, 0.15) is 0 Å². The minimum atomic E-state index is -0.0182. The summed E-state index contributed by atoms with van der Waals surface area (Å²) in [7, 11) is 0. The number of ether oxygens (including phenoxy) is 1. The fourth-order valence-corrected chi connectivity index (χ4v) is 3.97. The molecule has 0 unspecified atom stereocenters. The summed E-state index contributed by atoms with van der Waals surface area (Å²) in [5.74, 6) is -0.0182. The van der Waals surface area contributed by atoms with Crippen LogP contribution in [0.15, 0.2) is 18.2 Å². The fourth-order valence-electron chi connectivity index (χ4n) is 2.91. The van der Waals surface area contributed by atoms with E-state index in [2.05, 4.69) is 29.0 Å². The number of carbonyl (C=O) groups excluding carboxylic acids is 1. The number of nitrogens with one attached hydrogen (secondary N) is 1. The van der Waals surface area contributed by atoms with Gasteiger partial charge in [0, 0.05) is 31.7 Å². The number of morpholine rings is 1. The number of hydrogen-bond acceptors (Lipinski definition) is 6. The van der Waals surface area contributed by atoms with Crippen molar-refractivity contribution in [1.29, 1.82) is 0 Å². The molecule has 0 aliphatic carbocycles. The standard InChI is InChI=1S/C18H26N4O2S/c1-3-21(4-2)8-7-19-17(23)14-5-6-15-16(13-14)25-18(20-15)22-9-11-24-12-10-22/h5-6,13H,3-4,7-12H2,1-2H3,(H,19,23). The van der Waals surface area contributed by atoms with E-state index in [1.807, 2.05) is 18.2 Å². The average molecular weight is 362 g/mol. The maximum atomic E-state index is 12.4. The summed E-state index contributed by atoms with van der Waals surface area (Å²) in [5, 5.41) is 4.02. The van der Waals surface area contributed by atoms with Crippen molar-refractivity contribution >= 4 is 32.6 Å². The summed E-state index contributed by atoms with van der Waals surface area (Å²) in [5.41, 5.74) is 1.65. The smallest absolute Gasteiger partial charge is 0.251 e. The van der Waals surface area contributed by atoms with Crippen LogP contribution >= 0.6 is 11.3 Å². The summed E-state index contributed by atoms with van der Waals surface area (Å²) in [4.78, 5) is 21.6. The Hall–Kier alpha value is -1.70. The lowest BCUT2D eigenvalue weighted by molar-refractivity contribution is 0.0949. The number of amides is 1. The van der Waals surface area contributed by atoms with Gasteiger partial charge in [-0.25, -0.2) is 4.98 Å². The molecule has 1 aliphatic rings. The summed E-state index contributed by atoms with van der Waals surface area (Å²) in [6.45, 7) is 11.1. The highest BCUT2D eigenvalue weighted by atomic mass is 32.1. The Labute approximate surface area is 152 Å². The van der Waals surface area contributed by atoms with E-state index in [0.29, 0.717) is 12.1 Å². The first-order valence-corrected chi connectivity index (χ1v) is 9.76. The zero-order valence-corrected chi connectivity index (χ0v) is 15.8. The van der Waals surface area contributed by atoms with E-state index in [-0.39, 0.29) is 5.91 Å². The molecular weight excluding hydrogens is 336 g/mol. The van der Waals surface area contributed by atoms with E-state index in [1.54, 1.807) is 11.3 Å². The minimum absolute atomic E-state index is 0.0182. The predicted molar refractivity (Wildman–Crippen MR) is 103 cm³/mol. The third-order valence-corrected chi connectivity index (χ3v) is 5.61. The maximum absolute atomic E-state index is 12.4. The molecule has 1 fully saturated rings. The molecule has 25 heavy (non-hydrogen) atoms. The molecule has 136 valence electrons. The van der Waals surface area contributed by atoms with Gasteiger partial charge in [0.15, 0.2) is 5.13 Å². The highest BCUT2D eigenvalue weighted by molar-refractivity contribution is 7.22. The zero-order valence-electron chi connectivity index (χ0n) is 15.0. The van der Waals surface area contributed by atoms with E-state index in [1.165, 1.54) is 0 Å². The molecule has 2 aromatic rings. The van der Waals surface area contributed by atoms with Crippen molar-refractivity contribution in [1.82, 2.24) is 15.2 Å². The van der Waals surface area contributed by atoms with Gasteiger partial charge in [-0.1, -0.05) is 25.2 Å². The Morgan fingerprint density at radius 3 is 2.80 bits per heavy atom. The van der Waals surface area contributed by atoms with E-state index < -0.39 is 0 Å². The molecule has 3 rings (SSSR count). The molecule has 1 amide bonds. The van der Waals surface area contributed by atoms with Crippen LogP contribution in [0, 0.1) is 0 Å². The van der Waals surface area contributed by atoms with E-state index in [0.717, 1.165) is 61.3 Å². The van der Waals surface area contributed by atoms with Crippen LogP contribution in [-0.4, -0.2) is 68.3 Å². The van der Waals surface area contributed by atoms with Crippen molar-refractivity contribution in [3.63, 3.8) is 0 Å². The monoisotopic (exact) mass is 362 g/mol. The number of fused-ring (bicyclic) bond motifs is 1. The van der Waals surface area contributed by atoms with E-state index in [4.69, 9.17) is 9.72 Å². The first kappa shape index (κ1) is 18.1. The summed E-state index contributed by atoms with van der Waals surface area (Å²) in [6, 6.07) is 5.75. The van der Waals surface area contributed by atoms with Crippen LogP contribution < -0.4 is 10.2 Å². The van der Waals surface area contributed by atoms with Crippen molar-refractivity contribution in [2.45, 2.75) is 13.8 Å². The fraction of sp³-hybridized carbons (Fsp3) is 0.556. The number of aromatic nitrogens is 1.